The van der Waals surface area contributed by atoms with E-state index in [0.717, 1.165) is 11.0 Å². The number of ether oxygens (including phenoxy) is 2. The zero-order chi connectivity index (χ0) is 15.3. The van der Waals surface area contributed by atoms with Gasteiger partial charge in [0.25, 0.3) is 0 Å². The molecule has 0 amide bonds. The first-order chi connectivity index (χ1) is 9.74. The largest absolute Gasteiger partial charge is 0.494 e. The van der Waals surface area contributed by atoms with Crippen LogP contribution in [0.3, 0.4) is 0 Å². The van der Waals surface area contributed by atoms with E-state index in [9.17, 15) is 0 Å². The molecule has 1 aromatic carbocycles. The predicted molar refractivity (Wildman–Crippen MR) is 81.4 cm³/mol. The van der Waals surface area contributed by atoms with Gasteiger partial charge in [0.05, 0.1) is 24.4 Å². The zero-order valence-corrected chi connectivity index (χ0v) is 13.4. The van der Waals surface area contributed by atoms with Crippen LogP contribution in [0.5, 0.6) is 0 Å². The lowest BCUT2D eigenvalue weighted by atomic mass is 9.78. The molecule has 2 saturated heterocycles. The minimum atomic E-state index is -0.630. The fourth-order valence-corrected chi connectivity index (χ4v) is 2.60. The smallest absolute Gasteiger partial charge is 0.399 e. The van der Waals surface area contributed by atoms with Crippen LogP contribution >= 0.6 is 0 Å². The first-order valence-corrected chi connectivity index (χ1v) is 7.48. The maximum absolute atomic E-state index is 6.06. The highest BCUT2D eigenvalue weighted by Gasteiger charge is 2.51. The summed E-state index contributed by atoms with van der Waals surface area (Å²) in [6.45, 7) is 11.4. The van der Waals surface area contributed by atoms with Gasteiger partial charge < -0.3 is 18.8 Å². The maximum atomic E-state index is 6.06. The Kier molecular flexibility index (Phi) is 3.45. The maximum Gasteiger partial charge on any atom is 0.494 e. The Hall–Kier alpha value is -0.875. The first kappa shape index (κ1) is 15.0. The van der Waals surface area contributed by atoms with Gasteiger partial charge in [-0.25, -0.2) is 0 Å². The summed E-state index contributed by atoms with van der Waals surface area (Å²) in [5.74, 6) is -0.630. The Morgan fingerprint density at radius 3 is 1.76 bits per heavy atom. The second-order valence-electron chi connectivity index (χ2n) is 6.85. The normalized spacial score (nSPS) is 26.2. The van der Waals surface area contributed by atoms with Crippen molar-refractivity contribution >= 4 is 12.6 Å². The molecule has 3 rings (SSSR count). The standard InChI is InChI=1S/C16H23BO4/c1-14(2)15(3,4)21-17(20-14)13-8-6-12(7-9-13)16(5)18-10-11-19-16/h6-9H,10-11H2,1-5H3. The van der Waals surface area contributed by atoms with Crippen molar-refractivity contribution in [3.05, 3.63) is 29.8 Å². The molecule has 114 valence electrons. The van der Waals surface area contributed by atoms with Crippen molar-refractivity contribution < 1.29 is 18.8 Å². The van der Waals surface area contributed by atoms with Crippen molar-refractivity contribution in [2.45, 2.75) is 51.6 Å². The molecule has 2 heterocycles. The molecule has 0 bridgehead atoms. The highest BCUT2D eigenvalue weighted by Crippen LogP contribution is 2.36. The molecule has 0 N–H and O–H groups in total. The van der Waals surface area contributed by atoms with Crippen LogP contribution in [-0.4, -0.2) is 31.5 Å². The second-order valence-corrected chi connectivity index (χ2v) is 6.85. The van der Waals surface area contributed by atoms with Gasteiger partial charge in [0, 0.05) is 5.56 Å². The van der Waals surface area contributed by atoms with Crippen molar-refractivity contribution in [2.75, 3.05) is 13.2 Å². The third-order valence-electron chi connectivity index (χ3n) is 4.80. The van der Waals surface area contributed by atoms with Gasteiger partial charge in [-0.3, -0.25) is 0 Å². The Bertz CT molecular complexity index is 502. The highest BCUT2D eigenvalue weighted by atomic mass is 16.7. The summed E-state index contributed by atoms with van der Waals surface area (Å²) in [5.41, 5.74) is 1.39. The van der Waals surface area contributed by atoms with Gasteiger partial charge >= 0.3 is 7.12 Å². The lowest BCUT2D eigenvalue weighted by molar-refractivity contribution is -0.149. The van der Waals surface area contributed by atoms with E-state index in [-0.39, 0.29) is 18.3 Å². The number of hydrogen-bond acceptors (Lipinski definition) is 4. The average Bonchev–Trinajstić information content (AvgIpc) is 2.93. The van der Waals surface area contributed by atoms with E-state index >= 15 is 0 Å². The van der Waals surface area contributed by atoms with Gasteiger partial charge in [0.2, 0.25) is 0 Å². The average molecular weight is 290 g/mol. The van der Waals surface area contributed by atoms with Gasteiger partial charge in [-0.1, -0.05) is 24.3 Å². The van der Waals surface area contributed by atoms with E-state index in [1.54, 1.807) is 0 Å². The molecule has 0 radical (unpaired) electrons. The lowest BCUT2D eigenvalue weighted by Crippen LogP contribution is -2.41. The number of hydrogen-bond donors (Lipinski definition) is 0. The summed E-state index contributed by atoms with van der Waals surface area (Å²) in [6, 6.07) is 8.08. The van der Waals surface area contributed by atoms with Crippen molar-refractivity contribution in [2.24, 2.45) is 0 Å². The number of benzene rings is 1. The van der Waals surface area contributed by atoms with Crippen LogP contribution in [-0.2, 0) is 24.6 Å². The molecule has 2 aliphatic rings. The molecule has 0 atom stereocenters. The first-order valence-electron chi connectivity index (χ1n) is 7.48. The van der Waals surface area contributed by atoms with E-state index in [4.69, 9.17) is 18.8 Å². The fourth-order valence-electron chi connectivity index (χ4n) is 2.60. The summed E-state index contributed by atoms with van der Waals surface area (Å²) < 4.78 is 23.5. The van der Waals surface area contributed by atoms with E-state index in [2.05, 4.69) is 27.7 Å². The Morgan fingerprint density at radius 2 is 1.29 bits per heavy atom. The van der Waals surface area contributed by atoms with Crippen LogP contribution in [0, 0.1) is 0 Å². The molecule has 0 spiro atoms. The zero-order valence-electron chi connectivity index (χ0n) is 13.4. The van der Waals surface area contributed by atoms with Crippen LogP contribution in [0.4, 0.5) is 0 Å². The summed E-state index contributed by atoms with van der Waals surface area (Å²) in [5, 5.41) is 0. The van der Waals surface area contributed by atoms with Gasteiger partial charge in [0.1, 0.15) is 0 Å². The third kappa shape index (κ3) is 2.53. The molecule has 0 unspecified atom stereocenters. The van der Waals surface area contributed by atoms with E-state index < -0.39 is 5.79 Å². The molecule has 5 heteroatoms. The topological polar surface area (TPSA) is 36.9 Å². The Balaban J connectivity index is 1.80. The lowest BCUT2D eigenvalue weighted by Gasteiger charge is -2.32. The molecule has 21 heavy (non-hydrogen) atoms. The summed E-state index contributed by atoms with van der Waals surface area (Å²) >= 11 is 0. The van der Waals surface area contributed by atoms with Crippen LogP contribution in [0.25, 0.3) is 0 Å². The second kappa shape index (κ2) is 4.81. The van der Waals surface area contributed by atoms with Crippen LogP contribution in [0.1, 0.15) is 40.2 Å². The monoisotopic (exact) mass is 290 g/mol. The molecular formula is C16H23BO4. The summed E-state index contributed by atoms with van der Waals surface area (Å²) in [6.07, 6.45) is 0. The Morgan fingerprint density at radius 1 is 0.810 bits per heavy atom. The van der Waals surface area contributed by atoms with Crippen molar-refractivity contribution in [1.29, 1.82) is 0 Å². The molecule has 0 aliphatic carbocycles. The van der Waals surface area contributed by atoms with E-state index in [0.29, 0.717) is 13.2 Å². The van der Waals surface area contributed by atoms with Gasteiger partial charge in [0.15, 0.2) is 5.79 Å². The molecule has 1 aromatic rings. The van der Waals surface area contributed by atoms with E-state index in [1.165, 1.54) is 0 Å². The quantitative estimate of drug-likeness (QED) is 0.783. The Labute approximate surface area is 126 Å². The predicted octanol–water partition coefficient (Wildman–Crippen LogP) is 2.21. The van der Waals surface area contributed by atoms with Crippen molar-refractivity contribution in [1.82, 2.24) is 0 Å². The number of rotatable bonds is 2. The third-order valence-corrected chi connectivity index (χ3v) is 4.80. The summed E-state index contributed by atoms with van der Waals surface area (Å²) in [4.78, 5) is 0. The van der Waals surface area contributed by atoms with Gasteiger partial charge in [-0.15, -0.1) is 0 Å². The van der Waals surface area contributed by atoms with Gasteiger partial charge in [-0.2, -0.15) is 0 Å². The van der Waals surface area contributed by atoms with Crippen LogP contribution < -0.4 is 5.46 Å². The minimum Gasteiger partial charge on any atom is -0.399 e. The van der Waals surface area contributed by atoms with E-state index in [1.807, 2.05) is 31.2 Å². The molecular weight excluding hydrogens is 267 g/mol. The van der Waals surface area contributed by atoms with Gasteiger partial charge in [-0.05, 0) is 40.1 Å². The summed E-state index contributed by atoms with van der Waals surface area (Å²) in [7, 11) is -0.331. The molecule has 4 nitrogen and oxygen atoms in total. The molecule has 0 saturated carbocycles. The fraction of sp³-hybridized carbons (Fsp3) is 0.625. The molecule has 2 fully saturated rings. The molecule has 2 aliphatic heterocycles. The van der Waals surface area contributed by atoms with Crippen LogP contribution in [0.2, 0.25) is 0 Å². The van der Waals surface area contributed by atoms with Crippen LogP contribution in [0.15, 0.2) is 24.3 Å². The van der Waals surface area contributed by atoms with Crippen molar-refractivity contribution in [3.8, 4) is 0 Å². The SMILES string of the molecule is CC1(c2ccc(B3OC(C)(C)C(C)(C)O3)cc2)OCCO1. The minimum absolute atomic E-state index is 0.319. The highest BCUT2D eigenvalue weighted by molar-refractivity contribution is 6.62. The molecule has 0 aromatic heterocycles. The van der Waals surface area contributed by atoms with Crippen molar-refractivity contribution in [3.63, 3.8) is 0 Å².